The zero-order valence-corrected chi connectivity index (χ0v) is 14.9. The van der Waals surface area contributed by atoms with Crippen molar-refractivity contribution in [2.24, 2.45) is 0 Å². The molecule has 128 valence electrons. The molecule has 0 radical (unpaired) electrons. The molecule has 2 aromatic rings. The Labute approximate surface area is 156 Å². The van der Waals surface area contributed by atoms with Crippen LogP contribution in [0.2, 0.25) is 10.0 Å². The molecule has 0 saturated heterocycles. The molecular formula is C19H16Cl2N2O2. The molecule has 2 rings (SSSR count). The molecule has 0 fully saturated rings. The first-order valence-corrected chi connectivity index (χ1v) is 8.52. The van der Waals surface area contributed by atoms with Gasteiger partial charge in [-0.05, 0) is 48.2 Å². The van der Waals surface area contributed by atoms with Gasteiger partial charge in [0.15, 0.2) is 0 Å². The molecular weight excluding hydrogens is 359 g/mol. The third-order valence-corrected chi connectivity index (χ3v) is 4.24. The molecule has 6 heteroatoms. The molecule has 0 saturated carbocycles. The summed E-state index contributed by atoms with van der Waals surface area (Å²) in [6, 6.07) is 14.2. The Morgan fingerprint density at radius 1 is 0.760 bits per heavy atom. The predicted octanol–water partition coefficient (Wildman–Crippen LogP) is 4.37. The largest absolute Gasteiger partial charge is 0.400 e. The van der Waals surface area contributed by atoms with Crippen molar-refractivity contribution in [2.75, 3.05) is 0 Å². The first-order valence-electron chi connectivity index (χ1n) is 7.77. The van der Waals surface area contributed by atoms with Crippen molar-refractivity contribution in [3.63, 3.8) is 0 Å². The zero-order chi connectivity index (χ0) is 18.2. The van der Waals surface area contributed by atoms with Crippen molar-refractivity contribution in [1.29, 1.82) is 0 Å². The van der Waals surface area contributed by atoms with Gasteiger partial charge in [0, 0.05) is 22.9 Å². The highest BCUT2D eigenvalue weighted by Crippen LogP contribution is 2.13. The minimum Gasteiger partial charge on any atom is -0.360 e. The maximum atomic E-state index is 12.2. The Bertz CT molecular complexity index is 745. The van der Waals surface area contributed by atoms with Gasteiger partial charge in [-0.1, -0.05) is 47.5 Å². The third-order valence-electron chi connectivity index (χ3n) is 3.74. The third kappa shape index (κ3) is 5.95. The Hall–Kier alpha value is -2.26. The minimum absolute atomic E-state index is 0.0910. The lowest BCUT2D eigenvalue weighted by Crippen LogP contribution is -2.26. The number of hydrogen-bond acceptors (Lipinski definition) is 2. The van der Waals surface area contributed by atoms with Crippen LogP contribution in [0.25, 0.3) is 5.53 Å². The van der Waals surface area contributed by atoms with E-state index in [0.29, 0.717) is 22.9 Å². The number of ketones is 2. The van der Waals surface area contributed by atoms with E-state index in [1.165, 1.54) is 0 Å². The summed E-state index contributed by atoms with van der Waals surface area (Å²) in [6.45, 7) is 0. The number of carbonyl (C=O) groups excluding carboxylic acids is 2. The van der Waals surface area contributed by atoms with Crippen molar-refractivity contribution >= 4 is 40.5 Å². The summed E-state index contributed by atoms with van der Waals surface area (Å²) in [5.41, 5.74) is 10.5. The lowest BCUT2D eigenvalue weighted by molar-refractivity contribution is -0.124. The van der Waals surface area contributed by atoms with Gasteiger partial charge in [0.2, 0.25) is 11.6 Å². The van der Waals surface area contributed by atoms with Crippen molar-refractivity contribution in [2.45, 2.75) is 25.7 Å². The van der Waals surface area contributed by atoms with Crippen LogP contribution in [0.5, 0.6) is 0 Å². The van der Waals surface area contributed by atoms with E-state index >= 15 is 0 Å². The van der Waals surface area contributed by atoms with Crippen LogP contribution in [0.4, 0.5) is 0 Å². The quantitative estimate of drug-likeness (QED) is 0.298. The van der Waals surface area contributed by atoms with E-state index in [4.69, 9.17) is 28.7 Å². The van der Waals surface area contributed by atoms with E-state index in [1.807, 2.05) is 24.3 Å². The van der Waals surface area contributed by atoms with Crippen LogP contribution in [0.15, 0.2) is 48.5 Å². The number of halogens is 2. The lowest BCUT2D eigenvalue weighted by Gasteiger charge is -2.01. The van der Waals surface area contributed by atoms with Crippen LogP contribution in [-0.2, 0) is 22.4 Å². The zero-order valence-electron chi connectivity index (χ0n) is 13.4. The summed E-state index contributed by atoms with van der Waals surface area (Å²) in [6.07, 6.45) is 1.07. The van der Waals surface area contributed by atoms with Crippen molar-refractivity contribution in [1.82, 2.24) is 0 Å². The molecule has 0 bridgehead atoms. The van der Waals surface area contributed by atoms with Gasteiger partial charge in [0.25, 0.3) is 0 Å². The molecule has 2 aromatic carbocycles. The molecule has 0 N–H and O–H groups in total. The molecule has 4 nitrogen and oxygen atoms in total. The van der Waals surface area contributed by atoms with Crippen LogP contribution in [-0.4, -0.2) is 22.1 Å². The van der Waals surface area contributed by atoms with E-state index in [-0.39, 0.29) is 12.8 Å². The molecule has 0 spiro atoms. The number of rotatable bonds is 8. The highest BCUT2D eigenvalue weighted by Gasteiger charge is 2.28. The van der Waals surface area contributed by atoms with Crippen LogP contribution in [0, 0.1) is 0 Å². The maximum absolute atomic E-state index is 12.2. The number of benzene rings is 2. The average Bonchev–Trinajstić information content (AvgIpc) is 2.61. The van der Waals surface area contributed by atoms with E-state index < -0.39 is 17.3 Å². The summed E-state index contributed by atoms with van der Waals surface area (Å²) in [7, 11) is 0. The summed E-state index contributed by atoms with van der Waals surface area (Å²) in [5.74, 6) is -0.947. The molecule has 0 aliphatic carbocycles. The Morgan fingerprint density at radius 3 is 1.44 bits per heavy atom. The Balaban J connectivity index is 1.90. The van der Waals surface area contributed by atoms with E-state index in [0.717, 1.165) is 11.1 Å². The van der Waals surface area contributed by atoms with Crippen LogP contribution in [0.1, 0.15) is 24.0 Å². The minimum atomic E-state index is -0.474. The normalized spacial score (nSPS) is 10.2. The molecule has 0 aliphatic heterocycles. The van der Waals surface area contributed by atoms with E-state index in [2.05, 4.69) is 4.79 Å². The fourth-order valence-corrected chi connectivity index (χ4v) is 2.57. The number of Topliss-reactive ketones (excluding diaryl/α,β-unsaturated/α-hetero) is 2. The van der Waals surface area contributed by atoms with Gasteiger partial charge in [0.05, 0.1) is 0 Å². The maximum Gasteiger partial charge on any atom is 0.400 e. The molecule has 0 unspecified atom stereocenters. The van der Waals surface area contributed by atoms with Gasteiger partial charge in [-0.3, -0.25) is 9.59 Å². The van der Waals surface area contributed by atoms with Gasteiger partial charge >= 0.3 is 5.71 Å². The predicted molar refractivity (Wildman–Crippen MR) is 98.2 cm³/mol. The smallest absolute Gasteiger partial charge is 0.360 e. The second-order valence-electron chi connectivity index (χ2n) is 5.55. The highest BCUT2D eigenvalue weighted by molar-refractivity contribution is 6.64. The first-order chi connectivity index (χ1) is 12.0. The summed E-state index contributed by atoms with van der Waals surface area (Å²) in [4.78, 5) is 27.2. The van der Waals surface area contributed by atoms with Gasteiger partial charge in [-0.25, -0.2) is 0 Å². The van der Waals surface area contributed by atoms with Gasteiger partial charge < -0.3 is 5.53 Å². The fraction of sp³-hybridized carbons (Fsp3) is 0.211. The van der Waals surface area contributed by atoms with Crippen molar-refractivity contribution < 1.29 is 14.4 Å². The molecule has 0 heterocycles. The fourth-order valence-electron chi connectivity index (χ4n) is 2.32. The second-order valence-corrected chi connectivity index (χ2v) is 6.42. The standard InChI is InChI=1S/C19H16Cl2N2O2/c20-15-7-1-13(2-8-15)5-11-17(24)19(23-22)18(25)12-6-14-3-9-16(21)10-4-14/h1-4,7-10H,5-6,11-12H2. The summed E-state index contributed by atoms with van der Waals surface area (Å²) >= 11 is 11.6. The molecule has 25 heavy (non-hydrogen) atoms. The monoisotopic (exact) mass is 374 g/mol. The molecule has 0 aromatic heterocycles. The van der Waals surface area contributed by atoms with Gasteiger partial charge in [-0.15, -0.1) is 0 Å². The van der Waals surface area contributed by atoms with Crippen LogP contribution < -0.4 is 0 Å². The van der Waals surface area contributed by atoms with Gasteiger partial charge in [-0.2, -0.15) is 4.79 Å². The van der Waals surface area contributed by atoms with Gasteiger partial charge in [0.1, 0.15) is 0 Å². The second kappa shape index (κ2) is 9.28. The lowest BCUT2D eigenvalue weighted by atomic mass is 9.99. The Morgan fingerprint density at radius 2 is 1.12 bits per heavy atom. The molecule has 0 aliphatic rings. The number of carbonyl (C=O) groups is 2. The summed E-state index contributed by atoms with van der Waals surface area (Å²) < 4.78 is 0. The van der Waals surface area contributed by atoms with Crippen LogP contribution in [0.3, 0.4) is 0 Å². The topological polar surface area (TPSA) is 70.5 Å². The molecule has 0 amide bonds. The SMILES string of the molecule is [N-]=[N+]=C(C(=O)CCc1ccc(Cl)cc1)C(=O)CCc1ccc(Cl)cc1. The Kier molecular flexibility index (Phi) is 7.08. The average molecular weight is 375 g/mol. The van der Waals surface area contributed by atoms with Crippen molar-refractivity contribution in [3.8, 4) is 0 Å². The first kappa shape index (κ1) is 19.1. The number of hydrogen-bond donors (Lipinski definition) is 0. The highest BCUT2D eigenvalue weighted by atomic mass is 35.5. The summed E-state index contributed by atoms with van der Waals surface area (Å²) in [5, 5.41) is 1.23. The van der Waals surface area contributed by atoms with Crippen LogP contribution >= 0.6 is 23.2 Å². The van der Waals surface area contributed by atoms with Crippen molar-refractivity contribution in [3.05, 3.63) is 75.2 Å². The number of aryl methyl sites for hydroxylation is 2. The molecule has 0 atom stereocenters. The number of nitrogens with zero attached hydrogens (tertiary/aromatic N) is 2. The van der Waals surface area contributed by atoms with E-state index in [1.54, 1.807) is 24.3 Å². The van der Waals surface area contributed by atoms with E-state index in [9.17, 15) is 9.59 Å².